The first kappa shape index (κ1) is 29.8. The smallest absolute Gasteiger partial charge is 0.325 e. The number of hydrogen-bond acceptors (Lipinski definition) is 6. The normalized spacial score (nSPS) is 14.0. The molecule has 0 bridgehead atoms. The van der Waals surface area contributed by atoms with Crippen LogP contribution in [0, 0.1) is 0 Å². The molecule has 0 spiro atoms. The second kappa shape index (κ2) is 13.0. The summed E-state index contributed by atoms with van der Waals surface area (Å²) < 4.78 is 0. The van der Waals surface area contributed by atoms with Gasteiger partial charge in [-0.1, -0.05) is 36.4 Å². The molecule has 10 N–H and O–H groups in total. The Balaban J connectivity index is 1.55. The fraction of sp³-hybridized carbons (Fsp3) is 0.276. The minimum absolute atomic E-state index is 0.0256. The summed E-state index contributed by atoms with van der Waals surface area (Å²) in [6, 6.07) is 10.0. The van der Waals surface area contributed by atoms with E-state index in [1.807, 2.05) is 48.5 Å². The predicted molar refractivity (Wildman–Crippen MR) is 155 cm³/mol. The Labute approximate surface area is 240 Å². The van der Waals surface area contributed by atoms with E-state index in [-0.39, 0.29) is 12.8 Å². The standard InChI is InChI=1S/C29H33N7O6/c1-15(29(41)42)34-27(39)24(12-25(31)37)36-28(40)23(11-17-14-33-22-9-5-3-7-19(17)22)35-26(38)20(30)10-16-13-32-21-8-4-2-6-18(16)21/h2-9,13-15,20,23-24,32-33H,10-12,30H2,1H3,(H2,31,37)(H,34,39)(H,35,38)(H,36,40)(H,41,42). The fourth-order valence-electron chi connectivity index (χ4n) is 4.70. The van der Waals surface area contributed by atoms with E-state index in [0.29, 0.717) is 5.56 Å². The third kappa shape index (κ3) is 7.12. The van der Waals surface area contributed by atoms with Crippen LogP contribution in [0.2, 0.25) is 0 Å². The molecule has 2 aromatic heterocycles. The van der Waals surface area contributed by atoms with Crippen LogP contribution in [0.25, 0.3) is 21.8 Å². The molecule has 4 amide bonds. The summed E-state index contributed by atoms with van der Waals surface area (Å²) in [5, 5.41) is 18.3. The highest BCUT2D eigenvalue weighted by Gasteiger charge is 2.31. The number of hydrogen-bond donors (Lipinski definition) is 8. The first-order valence-electron chi connectivity index (χ1n) is 13.3. The van der Waals surface area contributed by atoms with Crippen molar-refractivity contribution in [3.05, 3.63) is 72.1 Å². The number of carboxylic acids is 1. The van der Waals surface area contributed by atoms with Gasteiger partial charge in [-0.15, -0.1) is 0 Å². The molecule has 2 heterocycles. The second-order valence-corrected chi connectivity index (χ2v) is 10.1. The van der Waals surface area contributed by atoms with Crippen molar-refractivity contribution in [2.24, 2.45) is 11.5 Å². The SMILES string of the molecule is CC(NC(=O)C(CC(N)=O)NC(=O)C(Cc1c[nH]c2ccccc12)NC(=O)C(N)Cc1c[nH]c2ccccc12)C(=O)O. The summed E-state index contributed by atoms with van der Waals surface area (Å²) in [5.41, 5.74) is 14.8. The number of H-pyrrole nitrogens is 2. The molecule has 0 aliphatic carbocycles. The molecule has 13 nitrogen and oxygen atoms in total. The molecule has 2 aromatic carbocycles. The van der Waals surface area contributed by atoms with Gasteiger partial charge in [0.1, 0.15) is 18.1 Å². The predicted octanol–water partition coefficient (Wildman–Crippen LogP) is 0.196. The summed E-state index contributed by atoms with van der Waals surface area (Å²) in [6.07, 6.45) is 3.12. The van der Waals surface area contributed by atoms with Crippen molar-refractivity contribution in [3.63, 3.8) is 0 Å². The van der Waals surface area contributed by atoms with Crippen LogP contribution in [-0.4, -0.2) is 68.8 Å². The van der Waals surface area contributed by atoms with Crippen molar-refractivity contribution < 1.29 is 29.1 Å². The van der Waals surface area contributed by atoms with Crippen LogP contribution in [0.15, 0.2) is 60.9 Å². The lowest BCUT2D eigenvalue weighted by Gasteiger charge is -2.24. The van der Waals surface area contributed by atoms with Crippen LogP contribution < -0.4 is 27.4 Å². The van der Waals surface area contributed by atoms with Gasteiger partial charge in [-0.05, 0) is 36.6 Å². The number of para-hydroxylation sites is 2. The van der Waals surface area contributed by atoms with Crippen molar-refractivity contribution in [2.75, 3.05) is 0 Å². The molecule has 4 atom stereocenters. The monoisotopic (exact) mass is 575 g/mol. The maximum absolute atomic E-state index is 13.5. The molecule has 0 aliphatic rings. The first-order chi connectivity index (χ1) is 20.0. The molecule has 0 saturated carbocycles. The number of amides is 4. The number of nitrogens with one attached hydrogen (secondary N) is 5. The Morgan fingerprint density at radius 2 is 1.26 bits per heavy atom. The van der Waals surface area contributed by atoms with E-state index >= 15 is 0 Å². The lowest BCUT2D eigenvalue weighted by Crippen LogP contribution is -2.58. The van der Waals surface area contributed by atoms with Gasteiger partial charge >= 0.3 is 5.97 Å². The molecule has 0 radical (unpaired) electrons. The van der Waals surface area contributed by atoms with Gasteiger partial charge in [0.05, 0.1) is 12.5 Å². The van der Waals surface area contributed by atoms with Gasteiger partial charge in [-0.2, -0.15) is 0 Å². The molecule has 4 unspecified atom stereocenters. The van der Waals surface area contributed by atoms with Crippen LogP contribution in [0.1, 0.15) is 24.5 Å². The van der Waals surface area contributed by atoms with Crippen LogP contribution >= 0.6 is 0 Å². The highest BCUT2D eigenvalue weighted by atomic mass is 16.4. The summed E-state index contributed by atoms with van der Waals surface area (Å²) in [6.45, 7) is 1.23. The van der Waals surface area contributed by atoms with E-state index in [4.69, 9.17) is 16.6 Å². The number of fused-ring (bicyclic) bond motifs is 2. The topological polar surface area (TPSA) is 225 Å². The zero-order valence-electron chi connectivity index (χ0n) is 22.8. The number of primary amides is 1. The van der Waals surface area contributed by atoms with E-state index in [0.717, 1.165) is 27.4 Å². The van der Waals surface area contributed by atoms with E-state index in [2.05, 4.69) is 25.9 Å². The molecule has 4 rings (SSSR count). The minimum Gasteiger partial charge on any atom is -0.480 e. The second-order valence-electron chi connectivity index (χ2n) is 10.1. The van der Waals surface area contributed by atoms with Crippen LogP contribution in [0.5, 0.6) is 0 Å². The summed E-state index contributed by atoms with van der Waals surface area (Å²) in [5.74, 6) is -4.49. The molecular formula is C29H33N7O6. The van der Waals surface area contributed by atoms with Gasteiger partial charge in [-0.25, -0.2) is 0 Å². The largest absolute Gasteiger partial charge is 0.480 e. The number of carbonyl (C=O) groups is 5. The average molecular weight is 576 g/mol. The lowest BCUT2D eigenvalue weighted by molar-refractivity contribution is -0.142. The highest BCUT2D eigenvalue weighted by molar-refractivity contribution is 5.97. The molecule has 42 heavy (non-hydrogen) atoms. The Bertz CT molecular complexity index is 1630. The van der Waals surface area contributed by atoms with Gasteiger partial charge < -0.3 is 42.5 Å². The van der Waals surface area contributed by atoms with E-state index in [1.165, 1.54) is 6.92 Å². The Morgan fingerprint density at radius 1 is 0.762 bits per heavy atom. The van der Waals surface area contributed by atoms with Gasteiger partial charge in [0.25, 0.3) is 0 Å². The molecule has 0 aliphatic heterocycles. The minimum atomic E-state index is -1.47. The molecule has 0 fully saturated rings. The van der Waals surface area contributed by atoms with Gasteiger partial charge in [-0.3, -0.25) is 24.0 Å². The lowest BCUT2D eigenvalue weighted by atomic mass is 10.0. The summed E-state index contributed by atoms with van der Waals surface area (Å²) in [4.78, 5) is 68.7. The van der Waals surface area contributed by atoms with E-state index in [1.54, 1.807) is 12.4 Å². The average Bonchev–Trinajstić information content (AvgIpc) is 3.56. The van der Waals surface area contributed by atoms with Crippen molar-refractivity contribution in [1.82, 2.24) is 25.9 Å². The first-order valence-corrected chi connectivity index (χ1v) is 13.3. The van der Waals surface area contributed by atoms with Gasteiger partial charge in [0.15, 0.2) is 0 Å². The quantitative estimate of drug-likeness (QED) is 0.110. The highest BCUT2D eigenvalue weighted by Crippen LogP contribution is 2.21. The van der Waals surface area contributed by atoms with Crippen LogP contribution in [-0.2, 0) is 36.8 Å². The number of benzene rings is 2. The Morgan fingerprint density at radius 3 is 1.81 bits per heavy atom. The number of carbonyl (C=O) groups excluding carboxylic acids is 4. The van der Waals surface area contributed by atoms with Crippen LogP contribution in [0.4, 0.5) is 0 Å². The fourth-order valence-corrected chi connectivity index (χ4v) is 4.70. The maximum Gasteiger partial charge on any atom is 0.325 e. The van der Waals surface area contributed by atoms with Crippen molar-refractivity contribution in [3.8, 4) is 0 Å². The number of aromatic amines is 2. The molecule has 0 saturated heterocycles. The molecular weight excluding hydrogens is 542 g/mol. The summed E-state index contributed by atoms with van der Waals surface area (Å²) >= 11 is 0. The number of aliphatic carboxylic acids is 1. The Kier molecular flexibility index (Phi) is 9.22. The number of nitrogens with two attached hydrogens (primary N) is 2. The third-order valence-electron chi connectivity index (χ3n) is 6.95. The zero-order chi connectivity index (χ0) is 30.4. The summed E-state index contributed by atoms with van der Waals surface area (Å²) in [7, 11) is 0. The van der Waals surface area contributed by atoms with Crippen molar-refractivity contribution in [1.29, 1.82) is 0 Å². The molecule has 4 aromatic rings. The number of carboxylic acid groups (broad SMARTS) is 1. The maximum atomic E-state index is 13.5. The molecule has 13 heteroatoms. The van der Waals surface area contributed by atoms with Gasteiger partial charge in [0.2, 0.25) is 23.6 Å². The van der Waals surface area contributed by atoms with Gasteiger partial charge in [0, 0.05) is 40.6 Å². The zero-order valence-corrected chi connectivity index (χ0v) is 22.8. The number of aromatic nitrogens is 2. The van der Waals surface area contributed by atoms with Crippen LogP contribution in [0.3, 0.4) is 0 Å². The van der Waals surface area contributed by atoms with E-state index < -0.39 is 60.2 Å². The van der Waals surface area contributed by atoms with Crippen molar-refractivity contribution >= 4 is 51.4 Å². The number of rotatable bonds is 13. The third-order valence-corrected chi connectivity index (χ3v) is 6.95. The molecule has 220 valence electrons. The Hall–Kier alpha value is -5.17. The van der Waals surface area contributed by atoms with Crippen molar-refractivity contribution in [2.45, 2.75) is 50.4 Å². The van der Waals surface area contributed by atoms with E-state index in [9.17, 15) is 24.0 Å².